The molecular formula is C15H23N3OS. The van der Waals surface area contributed by atoms with E-state index in [0.717, 1.165) is 15.6 Å². The summed E-state index contributed by atoms with van der Waals surface area (Å²) in [4.78, 5) is 17.8. The van der Waals surface area contributed by atoms with E-state index in [1.54, 1.807) is 11.3 Å². The number of nitrogens with two attached hydrogens (primary N) is 1. The van der Waals surface area contributed by atoms with Gasteiger partial charge >= 0.3 is 0 Å². The Labute approximate surface area is 124 Å². The van der Waals surface area contributed by atoms with E-state index < -0.39 is 0 Å². The summed E-state index contributed by atoms with van der Waals surface area (Å²) in [7, 11) is 0. The lowest BCUT2D eigenvalue weighted by Crippen LogP contribution is -2.41. The Morgan fingerprint density at radius 1 is 1.40 bits per heavy atom. The van der Waals surface area contributed by atoms with E-state index in [0.29, 0.717) is 18.4 Å². The minimum Gasteiger partial charge on any atom is -0.347 e. The van der Waals surface area contributed by atoms with E-state index in [-0.39, 0.29) is 11.9 Å². The van der Waals surface area contributed by atoms with E-state index in [1.807, 2.05) is 6.92 Å². The summed E-state index contributed by atoms with van der Waals surface area (Å²) in [6.45, 7) is 2.47. The number of carbonyl (C=O) groups is 1. The molecule has 1 unspecified atom stereocenters. The summed E-state index contributed by atoms with van der Waals surface area (Å²) in [5.74, 6) is 1.19. The van der Waals surface area contributed by atoms with Crippen molar-refractivity contribution in [1.29, 1.82) is 0 Å². The third-order valence-corrected chi connectivity index (χ3v) is 5.80. The van der Waals surface area contributed by atoms with E-state index in [4.69, 9.17) is 5.73 Å². The fourth-order valence-corrected chi connectivity index (χ4v) is 4.22. The number of carbonyl (C=O) groups excluding carboxylic acids is 1. The second kappa shape index (κ2) is 5.82. The monoisotopic (exact) mass is 293 g/mol. The van der Waals surface area contributed by atoms with Gasteiger partial charge in [-0.05, 0) is 38.5 Å². The van der Waals surface area contributed by atoms with E-state index in [2.05, 4.69) is 10.3 Å². The Morgan fingerprint density at radius 3 is 2.70 bits per heavy atom. The largest absolute Gasteiger partial charge is 0.347 e. The molecular weight excluding hydrogens is 270 g/mol. The summed E-state index contributed by atoms with van der Waals surface area (Å²) >= 11 is 1.59. The second-order valence-corrected chi connectivity index (χ2v) is 7.13. The van der Waals surface area contributed by atoms with Gasteiger partial charge in [0.1, 0.15) is 4.88 Å². The van der Waals surface area contributed by atoms with E-state index in [9.17, 15) is 4.79 Å². The summed E-state index contributed by atoms with van der Waals surface area (Å²) in [5.41, 5.74) is 6.63. The molecule has 0 spiro atoms. The number of rotatable bonds is 5. The predicted molar refractivity (Wildman–Crippen MR) is 81.1 cm³/mol. The highest BCUT2D eigenvalue weighted by Gasteiger charge is 2.32. The zero-order chi connectivity index (χ0) is 14.1. The number of aryl methyl sites for hydroxylation is 1. The first-order chi connectivity index (χ1) is 9.69. The molecule has 20 heavy (non-hydrogen) atoms. The van der Waals surface area contributed by atoms with Gasteiger partial charge in [-0.3, -0.25) is 4.79 Å². The minimum absolute atomic E-state index is 0.0200. The fourth-order valence-electron chi connectivity index (χ4n) is 3.08. The average molecular weight is 293 g/mol. The zero-order valence-electron chi connectivity index (χ0n) is 12.0. The number of thiazole rings is 1. The van der Waals surface area contributed by atoms with Crippen LogP contribution in [-0.4, -0.2) is 23.5 Å². The molecule has 1 heterocycles. The number of hydrogen-bond acceptors (Lipinski definition) is 4. The van der Waals surface area contributed by atoms with Gasteiger partial charge in [0.25, 0.3) is 5.91 Å². The van der Waals surface area contributed by atoms with Crippen molar-refractivity contribution < 1.29 is 4.79 Å². The summed E-state index contributed by atoms with van der Waals surface area (Å²) in [5, 5.41) is 4.25. The third kappa shape index (κ3) is 2.88. The molecule has 5 heteroatoms. The van der Waals surface area contributed by atoms with Crippen molar-refractivity contribution in [2.45, 2.75) is 57.4 Å². The smallest absolute Gasteiger partial charge is 0.263 e. The molecule has 0 radical (unpaired) electrons. The van der Waals surface area contributed by atoms with Crippen molar-refractivity contribution in [3.63, 3.8) is 0 Å². The Hall–Kier alpha value is -0.940. The highest BCUT2D eigenvalue weighted by Crippen LogP contribution is 2.37. The quantitative estimate of drug-likeness (QED) is 0.876. The molecule has 0 aliphatic heterocycles. The van der Waals surface area contributed by atoms with Crippen LogP contribution in [0.3, 0.4) is 0 Å². The molecule has 2 aliphatic rings. The van der Waals surface area contributed by atoms with Crippen LogP contribution in [0.4, 0.5) is 0 Å². The lowest BCUT2D eigenvalue weighted by molar-refractivity contribution is 0.0937. The highest BCUT2D eigenvalue weighted by molar-refractivity contribution is 7.13. The van der Waals surface area contributed by atoms with Crippen LogP contribution in [-0.2, 0) is 0 Å². The van der Waals surface area contributed by atoms with Crippen molar-refractivity contribution in [2.75, 3.05) is 6.54 Å². The van der Waals surface area contributed by atoms with Crippen LogP contribution in [0.25, 0.3) is 0 Å². The first-order valence-corrected chi connectivity index (χ1v) is 8.49. The Balaban J connectivity index is 1.70. The lowest BCUT2D eigenvalue weighted by Gasteiger charge is -2.15. The minimum atomic E-state index is 0.0200. The fraction of sp³-hybridized carbons (Fsp3) is 0.733. The molecule has 1 atom stereocenters. The number of amides is 1. The SMILES string of the molecule is Cc1nc(C2CCCC2)sc1C(=O)NC(CN)C1CC1. The first kappa shape index (κ1) is 14.0. The van der Waals surface area contributed by atoms with Crippen LogP contribution in [0, 0.1) is 12.8 Å². The molecule has 0 aromatic carbocycles. The van der Waals surface area contributed by atoms with Gasteiger partial charge < -0.3 is 11.1 Å². The van der Waals surface area contributed by atoms with Gasteiger partial charge in [-0.1, -0.05) is 12.8 Å². The predicted octanol–water partition coefficient (Wildman–Crippen LogP) is 2.58. The molecule has 0 saturated heterocycles. The number of hydrogen-bond donors (Lipinski definition) is 2. The number of nitrogens with zero attached hydrogens (tertiary/aromatic N) is 1. The highest BCUT2D eigenvalue weighted by atomic mass is 32.1. The molecule has 110 valence electrons. The Kier molecular flexibility index (Phi) is 4.08. The van der Waals surface area contributed by atoms with Crippen LogP contribution in [0.5, 0.6) is 0 Å². The molecule has 0 bridgehead atoms. The van der Waals surface area contributed by atoms with Crippen LogP contribution < -0.4 is 11.1 Å². The van der Waals surface area contributed by atoms with Crippen molar-refractivity contribution in [1.82, 2.24) is 10.3 Å². The molecule has 3 N–H and O–H groups in total. The molecule has 1 aromatic heterocycles. The van der Waals surface area contributed by atoms with Crippen LogP contribution >= 0.6 is 11.3 Å². The molecule has 2 saturated carbocycles. The summed E-state index contributed by atoms with van der Waals surface area (Å²) in [6, 6.07) is 0.138. The maximum atomic E-state index is 12.4. The van der Waals surface area contributed by atoms with Gasteiger partial charge in [-0.15, -0.1) is 11.3 Å². The second-order valence-electron chi connectivity index (χ2n) is 6.10. The van der Waals surface area contributed by atoms with Gasteiger partial charge in [-0.2, -0.15) is 0 Å². The van der Waals surface area contributed by atoms with E-state index in [1.165, 1.54) is 38.5 Å². The van der Waals surface area contributed by atoms with Crippen LogP contribution in [0.1, 0.15) is 64.8 Å². The van der Waals surface area contributed by atoms with Gasteiger partial charge in [0.2, 0.25) is 0 Å². The van der Waals surface area contributed by atoms with Gasteiger partial charge in [0, 0.05) is 18.5 Å². The average Bonchev–Trinajstić information content (AvgIpc) is 2.99. The van der Waals surface area contributed by atoms with Crippen molar-refractivity contribution in [2.24, 2.45) is 11.7 Å². The van der Waals surface area contributed by atoms with Crippen LogP contribution in [0.2, 0.25) is 0 Å². The van der Waals surface area contributed by atoms with Gasteiger partial charge in [0.15, 0.2) is 0 Å². The molecule has 2 fully saturated rings. The molecule has 4 nitrogen and oxygen atoms in total. The molecule has 3 rings (SSSR count). The van der Waals surface area contributed by atoms with Crippen LogP contribution in [0.15, 0.2) is 0 Å². The Bertz CT molecular complexity index is 489. The molecule has 1 aromatic rings. The Morgan fingerprint density at radius 2 is 2.10 bits per heavy atom. The third-order valence-electron chi connectivity index (χ3n) is 4.49. The van der Waals surface area contributed by atoms with E-state index >= 15 is 0 Å². The van der Waals surface area contributed by atoms with Crippen molar-refractivity contribution >= 4 is 17.2 Å². The van der Waals surface area contributed by atoms with Crippen molar-refractivity contribution in [3.05, 3.63) is 15.6 Å². The first-order valence-electron chi connectivity index (χ1n) is 7.67. The maximum absolute atomic E-state index is 12.4. The summed E-state index contributed by atoms with van der Waals surface area (Å²) < 4.78 is 0. The topological polar surface area (TPSA) is 68.0 Å². The normalized spacial score (nSPS) is 21.1. The maximum Gasteiger partial charge on any atom is 0.263 e. The molecule has 2 aliphatic carbocycles. The zero-order valence-corrected chi connectivity index (χ0v) is 12.8. The molecule has 1 amide bonds. The standard InChI is InChI=1S/C15H23N3OS/c1-9-13(14(19)18-12(8-16)10-6-7-10)20-15(17-9)11-4-2-3-5-11/h10-12H,2-8,16H2,1H3,(H,18,19). The van der Waals surface area contributed by atoms with Gasteiger partial charge in [0.05, 0.1) is 10.7 Å². The number of nitrogens with one attached hydrogen (secondary N) is 1. The number of aromatic nitrogens is 1. The lowest BCUT2D eigenvalue weighted by atomic mass is 10.1. The van der Waals surface area contributed by atoms with Gasteiger partial charge in [-0.25, -0.2) is 4.98 Å². The summed E-state index contributed by atoms with van der Waals surface area (Å²) in [6.07, 6.45) is 7.42. The van der Waals surface area contributed by atoms with Crippen molar-refractivity contribution in [3.8, 4) is 0 Å².